The summed E-state index contributed by atoms with van der Waals surface area (Å²) in [6, 6.07) is 0. The van der Waals surface area contributed by atoms with E-state index < -0.39 is 16.1 Å². The first-order valence-corrected chi connectivity index (χ1v) is 9.28. The molecule has 0 unspecified atom stereocenters. The van der Waals surface area contributed by atoms with Crippen LogP contribution in [-0.2, 0) is 47.7 Å². The van der Waals surface area contributed by atoms with Gasteiger partial charge in [0.1, 0.15) is 0 Å². The average Bonchev–Trinajstić information content (AvgIpc) is 2.25. The molecule has 17 heavy (non-hydrogen) atoms. The summed E-state index contributed by atoms with van der Waals surface area (Å²) < 4.78 is 24.2. The molecule has 3 nitrogen and oxygen atoms in total. The van der Waals surface area contributed by atoms with Crippen LogP contribution in [0.1, 0.15) is 0 Å². The van der Waals surface area contributed by atoms with Crippen LogP contribution in [-0.4, -0.2) is 13.2 Å². The summed E-state index contributed by atoms with van der Waals surface area (Å²) in [7, 11) is 0. The van der Waals surface area contributed by atoms with Gasteiger partial charge in [0.2, 0.25) is 0 Å². The van der Waals surface area contributed by atoms with E-state index in [1.807, 2.05) is 0 Å². The van der Waals surface area contributed by atoms with Crippen LogP contribution in [0.3, 0.4) is 0 Å². The molecule has 0 rings (SSSR count). The molecule has 0 aliphatic carbocycles. The van der Waals surface area contributed by atoms with Crippen molar-refractivity contribution in [3.8, 4) is 0 Å². The third-order valence-corrected chi connectivity index (χ3v) is 8.02. The SMILES string of the molecule is C=CC[O][Ti](=[O])([CH2]C=C)([CH2]C=C)[O]CC=C.[Ti]. The van der Waals surface area contributed by atoms with Crippen molar-refractivity contribution in [2.24, 2.45) is 0 Å². The van der Waals surface area contributed by atoms with E-state index in [1.54, 1.807) is 24.3 Å². The van der Waals surface area contributed by atoms with Gasteiger partial charge < -0.3 is 0 Å². The van der Waals surface area contributed by atoms with Crippen LogP contribution in [0.4, 0.5) is 0 Å². The van der Waals surface area contributed by atoms with E-state index >= 15 is 0 Å². The molecule has 0 saturated heterocycles. The molecule has 0 amide bonds. The minimum atomic E-state index is -4.68. The molecule has 0 aromatic carbocycles. The smallest absolute Gasteiger partial charge is 0 e. The van der Waals surface area contributed by atoms with Crippen molar-refractivity contribution in [3.63, 3.8) is 0 Å². The molecule has 94 valence electrons. The quantitative estimate of drug-likeness (QED) is 0.458. The Morgan fingerprint density at radius 2 is 1.18 bits per heavy atom. The predicted molar refractivity (Wildman–Crippen MR) is 63.0 cm³/mol. The molecule has 0 bridgehead atoms. The zero-order valence-electron chi connectivity index (χ0n) is 10.2. The molecular weight excluding hydrogens is 288 g/mol. The van der Waals surface area contributed by atoms with E-state index in [0.717, 1.165) is 0 Å². The number of allylic oxidation sites excluding steroid dienone is 2. The van der Waals surface area contributed by atoms with Crippen LogP contribution in [0, 0.1) is 0 Å². The Morgan fingerprint density at radius 1 is 0.824 bits per heavy atom. The Bertz CT molecular complexity index is 303. The van der Waals surface area contributed by atoms with Crippen molar-refractivity contribution >= 4 is 0 Å². The monoisotopic (exact) mass is 308 g/mol. The van der Waals surface area contributed by atoms with Crippen molar-refractivity contribution in [3.05, 3.63) is 50.6 Å². The van der Waals surface area contributed by atoms with Gasteiger partial charge in [-0.3, -0.25) is 0 Å². The summed E-state index contributed by atoms with van der Waals surface area (Å²) in [5.74, 6) is 0. The maximum atomic E-state index is 12.9. The Balaban J connectivity index is 0. The van der Waals surface area contributed by atoms with Crippen LogP contribution in [0.2, 0.25) is 9.45 Å². The Labute approximate surface area is 120 Å². The van der Waals surface area contributed by atoms with Crippen LogP contribution >= 0.6 is 0 Å². The summed E-state index contributed by atoms with van der Waals surface area (Å²) >= 11 is -4.68. The molecule has 5 heteroatoms. The fraction of sp³-hybridized carbons (Fsp3) is 0.333. The van der Waals surface area contributed by atoms with Crippen molar-refractivity contribution < 1.29 is 47.7 Å². The van der Waals surface area contributed by atoms with Gasteiger partial charge >= 0.3 is 99.3 Å². The summed E-state index contributed by atoms with van der Waals surface area (Å²) in [6.45, 7) is 14.6. The van der Waals surface area contributed by atoms with Gasteiger partial charge in [0.25, 0.3) is 0 Å². The van der Waals surface area contributed by atoms with Crippen molar-refractivity contribution in [1.82, 2.24) is 0 Å². The van der Waals surface area contributed by atoms with Gasteiger partial charge in [-0.25, -0.2) is 0 Å². The summed E-state index contributed by atoms with van der Waals surface area (Å²) in [4.78, 5) is 0. The molecular formula is C12H20O3Ti2. The summed E-state index contributed by atoms with van der Waals surface area (Å²) in [6.07, 6.45) is 6.20. The molecule has 0 spiro atoms. The number of hydrogen-bond acceptors (Lipinski definition) is 3. The Morgan fingerprint density at radius 3 is 1.41 bits per heavy atom. The normalized spacial score (nSPS) is 11.1. The fourth-order valence-corrected chi connectivity index (χ4v) is 5.81. The van der Waals surface area contributed by atoms with Crippen LogP contribution in [0.15, 0.2) is 50.6 Å². The second kappa shape index (κ2) is 9.09. The van der Waals surface area contributed by atoms with E-state index in [0.29, 0.717) is 0 Å². The first kappa shape index (κ1) is 19.4. The van der Waals surface area contributed by atoms with Gasteiger partial charge in [0, 0.05) is 21.7 Å². The van der Waals surface area contributed by atoms with Gasteiger partial charge in [-0.05, 0) is 0 Å². The molecule has 0 aliphatic heterocycles. The molecule has 0 fully saturated rings. The summed E-state index contributed by atoms with van der Waals surface area (Å²) in [5.41, 5.74) is 0. The number of rotatable bonds is 10. The van der Waals surface area contributed by atoms with E-state index in [-0.39, 0.29) is 44.4 Å². The molecule has 0 heterocycles. The van der Waals surface area contributed by atoms with Gasteiger partial charge in [-0.2, -0.15) is 0 Å². The zero-order chi connectivity index (χ0) is 12.5. The van der Waals surface area contributed by atoms with Gasteiger partial charge in [-0.15, -0.1) is 0 Å². The first-order valence-electron chi connectivity index (χ1n) is 5.16. The summed E-state index contributed by atoms with van der Waals surface area (Å²) in [5, 5.41) is 0. The molecule has 0 aromatic rings. The topological polar surface area (TPSA) is 35.5 Å². The Kier molecular flexibility index (Phi) is 10.4. The van der Waals surface area contributed by atoms with E-state index in [4.69, 9.17) is 6.64 Å². The van der Waals surface area contributed by atoms with Crippen LogP contribution < -0.4 is 0 Å². The molecule has 0 aliphatic rings. The van der Waals surface area contributed by atoms with Crippen LogP contribution in [0.5, 0.6) is 0 Å². The second-order valence-electron chi connectivity index (χ2n) is 3.55. The number of hydrogen-bond donors (Lipinski definition) is 0. The third-order valence-electron chi connectivity index (χ3n) is 2.12. The fourth-order valence-electron chi connectivity index (χ4n) is 1.41. The zero-order valence-corrected chi connectivity index (χ0v) is 13.3. The maximum absolute atomic E-state index is 12.9. The second-order valence-corrected chi connectivity index (χ2v) is 9.99. The van der Waals surface area contributed by atoms with Crippen molar-refractivity contribution in [2.45, 2.75) is 9.45 Å². The molecule has 0 radical (unpaired) electrons. The standard InChI is InChI=1S/2C3H5O.2C3H5.O.2Ti/c2*1-2-3-4;2*1-3-2;;;/h2*2H,1,3H2;2*3H,1-2H2;;;/q2*-1;;;;;+2. The van der Waals surface area contributed by atoms with Crippen LogP contribution in [0.25, 0.3) is 0 Å². The first-order chi connectivity index (χ1) is 7.54. The van der Waals surface area contributed by atoms with E-state index in [1.165, 1.54) is 0 Å². The van der Waals surface area contributed by atoms with Crippen molar-refractivity contribution in [1.29, 1.82) is 0 Å². The van der Waals surface area contributed by atoms with Gasteiger partial charge in [0.05, 0.1) is 0 Å². The van der Waals surface area contributed by atoms with Gasteiger partial charge in [-0.1, -0.05) is 0 Å². The van der Waals surface area contributed by atoms with Gasteiger partial charge in [0.15, 0.2) is 0 Å². The van der Waals surface area contributed by atoms with E-state index in [2.05, 4.69) is 26.3 Å². The minimum absolute atomic E-state index is 0. The van der Waals surface area contributed by atoms with E-state index in [9.17, 15) is 3.32 Å². The molecule has 0 aromatic heterocycles. The molecule has 0 atom stereocenters. The predicted octanol–water partition coefficient (Wildman–Crippen LogP) is 3.46. The minimum Gasteiger partial charge on any atom is 0 e. The van der Waals surface area contributed by atoms with Crippen molar-refractivity contribution in [2.75, 3.05) is 13.2 Å². The third kappa shape index (κ3) is 6.56. The maximum Gasteiger partial charge on any atom is 0 e. The average molecular weight is 308 g/mol. The molecule has 0 saturated carbocycles. The Hall–Kier alpha value is 0.109. The largest absolute Gasteiger partial charge is 0 e. The molecule has 0 N–H and O–H groups in total.